The molecular weight excluding hydrogens is 399 g/mol. The quantitative estimate of drug-likeness (QED) is 0.647. The van der Waals surface area contributed by atoms with Crippen molar-refractivity contribution in [3.05, 3.63) is 84.2 Å². The maximum Gasteiger partial charge on any atom is 0.267 e. The molecular formula is C24H21FN2O4. The summed E-state index contributed by atoms with van der Waals surface area (Å²) in [5.74, 6) is 0.285. The van der Waals surface area contributed by atoms with Crippen LogP contribution in [0.15, 0.2) is 72.8 Å². The van der Waals surface area contributed by atoms with Gasteiger partial charge in [-0.3, -0.25) is 9.59 Å². The molecule has 7 heteroatoms. The molecule has 1 unspecified atom stereocenters. The lowest BCUT2D eigenvalue weighted by molar-refractivity contribution is -0.125. The zero-order chi connectivity index (χ0) is 21.8. The summed E-state index contributed by atoms with van der Waals surface area (Å²) in [5, 5.41) is 2.76. The molecule has 6 nitrogen and oxygen atoms in total. The van der Waals surface area contributed by atoms with E-state index in [9.17, 15) is 14.0 Å². The second-order valence-electron chi connectivity index (χ2n) is 7.05. The Hall–Kier alpha value is -3.87. The number of carbonyl (C=O) groups excluding carboxylic acids is 2. The van der Waals surface area contributed by atoms with Crippen molar-refractivity contribution in [2.45, 2.75) is 13.0 Å². The first-order valence-electron chi connectivity index (χ1n) is 9.88. The second kappa shape index (κ2) is 8.87. The summed E-state index contributed by atoms with van der Waals surface area (Å²) in [6.45, 7) is 2.36. The Kier molecular flexibility index (Phi) is 5.84. The molecule has 0 bridgehead atoms. The van der Waals surface area contributed by atoms with E-state index < -0.39 is 11.9 Å². The number of nitrogens with zero attached hydrogens (tertiary/aromatic N) is 1. The molecule has 1 atom stereocenters. The van der Waals surface area contributed by atoms with E-state index in [-0.39, 0.29) is 11.8 Å². The summed E-state index contributed by atoms with van der Waals surface area (Å²) < 4.78 is 24.5. The highest BCUT2D eigenvalue weighted by atomic mass is 19.1. The number of halogens is 1. The van der Waals surface area contributed by atoms with E-state index in [1.165, 1.54) is 24.3 Å². The first-order valence-corrected chi connectivity index (χ1v) is 9.88. The van der Waals surface area contributed by atoms with Gasteiger partial charge in [-0.15, -0.1) is 0 Å². The van der Waals surface area contributed by atoms with Gasteiger partial charge in [0.25, 0.3) is 11.8 Å². The first-order chi connectivity index (χ1) is 15.0. The van der Waals surface area contributed by atoms with Crippen LogP contribution in [-0.2, 0) is 4.79 Å². The van der Waals surface area contributed by atoms with Crippen LogP contribution in [0.4, 0.5) is 15.8 Å². The van der Waals surface area contributed by atoms with E-state index >= 15 is 0 Å². The van der Waals surface area contributed by atoms with Crippen LogP contribution in [0.3, 0.4) is 0 Å². The smallest absolute Gasteiger partial charge is 0.267 e. The van der Waals surface area contributed by atoms with Gasteiger partial charge in [-0.05, 0) is 55.5 Å². The van der Waals surface area contributed by atoms with Crippen molar-refractivity contribution in [1.29, 1.82) is 0 Å². The number of nitrogens with one attached hydrogen (secondary N) is 1. The fourth-order valence-electron chi connectivity index (χ4n) is 3.29. The number of hydrogen-bond donors (Lipinski definition) is 1. The van der Waals surface area contributed by atoms with Gasteiger partial charge in [0.1, 0.15) is 23.9 Å². The van der Waals surface area contributed by atoms with E-state index in [1.54, 1.807) is 30.0 Å². The first kappa shape index (κ1) is 20.4. The van der Waals surface area contributed by atoms with Crippen molar-refractivity contribution < 1.29 is 23.5 Å². The highest BCUT2D eigenvalue weighted by Crippen LogP contribution is 2.36. The Morgan fingerprint density at radius 2 is 1.84 bits per heavy atom. The van der Waals surface area contributed by atoms with Crippen LogP contribution in [0, 0.1) is 5.82 Å². The molecule has 0 spiro atoms. The Labute approximate surface area is 179 Å². The van der Waals surface area contributed by atoms with Crippen molar-refractivity contribution in [3.63, 3.8) is 0 Å². The molecule has 1 N–H and O–H groups in total. The average Bonchev–Trinajstić information content (AvgIpc) is 2.77. The van der Waals surface area contributed by atoms with Crippen LogP contribution in [0.5, 0.6) is 11.5 Å². The van der Waals surface area contributed by atoms with E-state index in [1.807, 2.05) is 30.3 Å². The van der Waals surface area contributed by atoms with Gasteiger partial charge in [-0.1, -0.05) is 18.2 Å². The molecule has 2 amide bonds. The molecule has 3 aromatic carbocycles. The molecule has 1 heterocycles. The van der Waals surface area contributed by atoms with Gasteiger partial charge in [0, 0.05) is 17.3 Å². The number of rotatable bonds is 6. The molecule has 3 aromatic rings. The number of para-hydroxylation sites is 1. The molecule has 1 aliphatic heterocycles. The maximum atomic E-state index is 13.1. The van der Waals surface area contributed by atoms with Gasteiger partial charge in [0.15, 0.2) is 6.10 Å². The molecule has 0 saturated heterocycles. The summed E-state index contributed by atoms with van der Waals surface area (Å²) in [6.07, 6.45) is -0.660. The Balaban J connectivity index is 1.48. The highest BCUT2D eigenvalue weighted by molar-refractivity contribution is 6.05. The van der Waals surface area contributed by atoms with Crippen LogP contribution in [-0.4, -0.2) is 31.1 Å². The van der Waals surface area contributed by atoms with Gasteiger partial charge in [-0.2, -0.15) is 0 Å². The fraction of sp³-hybridized carbons (Fsp3) is 0.167. The van der Waals surface area contributed by atoms with Gasteiger partial charge in [0.05, 0.1) is 12.2 Å². The predicted molar refractivity (Wildman–Crippen MR) is 115 cm³/mol. The molecule has 0 fully saturated rings. The summed E-state index contributed by atoms with van der Waals surface area (Å²) >= 11 is 0. The van der Waals surface area contributed by atoms with E-state index in [0.717, 1.165) is 5.75 Å². The summed E-state index contributed by atoms with van der Waals surface area (Å²) in [6, 6.07) is 19.8. The SMILES string of the molecule is CC1Oc2cc(NC(=O)c3ccc(F)cc3)ccc2N(CCOc2ccccc2)C1=O. The summed E-state index contributed by atoms with van der Waals surface area (Å²) in [5.41, 5.74) is 1.46. The number of ether oxygens (including phenoxy) is 2. The van der Waals surface area contributed by atoms with E-state index in [4.69, 9.17) is 9.47 Å². The normalized spacial score (nSPS) is 15.1. The minimum atomic E-state index is -0.660. The highest BCUT2D eigenvalue weighted by Gasteiger charge is 2.31. The molecule has 0 radical (unpaired) electrons. The molecule has 0 aliphatic carbocycles. The van der Waals surface area contributed by atoms with E-state index in [0.29, 0.717) is 35.8 Å². The van der Waals surface area contributed by atoms with Crippen molar-refractivity contribution in [2.24, 2.45) is 0 Å². The van der Waals surface area contributed by atoms with Crippen LogP contribution in [0.25, 0.3) is 0 Å². The maximum absolute atomic E-state index is 13.1. The van der Waals surface area contributed by atoms with Gasteiger partial charge in [-0.25, -0.2) is 4.39 Å². The van der Waals surface area contributed by atoms with Crippen LogP contribution >= 0.6 is 0 Å². The number of carbonyl (C=O) groups is 2. The predicted octanol–water partition coefficient (Wildman–Crippen LogP) is 4.27. The molecule has 0 saturated carbocycles. The van der Waals surface area contributed by atoms with Crippen molar-refractivity contribution in [2.75, 3.05) is 23.4 Å². The Morgan fingerprint density at radius 1 is 1.10 bits per heavy atom. The third-order valence-electron chi connectivity index (χ3n) is 4.86. The van der Waals surface area contributed by atoms with Gasteiger partial charge in [0.2, 0.25) is 0 Å². The van der Waals surface area contributed by atoms with Crippen molar-refractivity contribution in [1.82, 2.24) is 0 Å². The topological polar surface area (TPSA) is 67.9 Å². The average molecular weight is 420 g/mol. The largest absolute Gasteiger partial charge is 0.492 e. The third kappa shape index (κ3) is 4.66. The number of benzene rings is 3. The summed E-state index contributed by atoms with van der Waals surface area (Å²) in [7, 11) is 0. The van der Waals surface area contributed by atoms with Gasteiger partial charge >= 0.3 is 0 Å². The monoisotopic (exact) mass is 420 g/mol. The van der Waals surface area contributed by atoms with Crippen LogP contribution < -0.4 is 19.7 Å². The van der Waals surface area contributed by atoms with Crippen molar-refractivity contribution >= 4 is 23.2 Å². The minimum Gasteiger partial charge on any atom is -0.492 e. The number of anilines is 2. The van der Waals surface area contributed by atoms with Crippen LogP contribution in [0.2, 0.25) is 0 Å². The number of amides is 2. The fourth-order valence-corrected chi connectivity index (χ4v) is 3.29. The lowest BCUT2D eigenvalue weighted by Crippen LogP contribution is -2.46. The molecule has 4 rings (SSSR count). The lowest BCUT2D eigenvalue weighted by atomic mass is 10.1. The Morgan fingerprint density at radius 3 is 2.58 bits per heavy atom. The lowest BCUT2D eigenvalue weighted by Gasteiger charge is -2.33. The zero-order valence-corrected chi connectivity index (χ0v) is 16.9. The zero-order valence-electron chi connectivity index (χ0n) is 16.9. The number of hydrogen-bond acceptors (Lipinski definition) is 4. The van der Waals surface area contributed by atoms with Gasteiger partial charge < -0.3 is 19.7 Å². The molecule has 31 heavy (non-hydrogen) atoms. The molecule has 0 aromatic heterocycles. The van der Waals surface area contributed by atoms with Crippen molar-refractivity contribution in [3.8, 4) is 11.5 Å². The standard InChI is InChI=1S/C24H21FN2O4/c1-16-24(29)27(13-14-30-20-5-3-2-4-6-20)21-12-11-19(15-22(21)31-16)26-23(28)17-7-9-18(25)10-8-17/h2-12,15-16H,13-14H2,1H3,(H,26,28). The second-order valence-corrected chi connectivity index (χ2v) is 7.05. The molecule has 158 valence electrons. The number of fused-ring (bicyclic) bond motifs is 1. The molecule has 1 aliphatic rings. The van der Waals surface area contributed by atoms with E-state index in [2.05, 4.69) is 5.32 Å². The summed E-state index contributed by atoms with van der Waals surface area (Å²) in [4.78, 5) is 26.7. The van der Waals surface area contributed by atoms with Crippen LogP contribution in [0.1, 0.15) is 17.3 Å². The third-order valence-corrected chi connectivity index (χ3v) is 4.86. The Bertz CT molecular complexity index is 1090. The minimum absolute atomic E-state index is 0.160.